The first-order valence-electron chi connectivity index (χ1n) is 6.36. The molecule has 0 aliphatic carbocycles. The zero-order chi connectivity index (χ0) is 14.8. The van der Waals surface area contributed by atoms with Gasteiger partial charge < -0.3 is 5.11 Å². The normalized spacial score (nSPS) is 11.8. The van der Waals surface area contributed by atoms with Crippen molar-refractivity contribution in [3.63, 3.8) is 0 Å². The molecule has 0 aliphatic heterocycles. The van der Waals surface area contributed by atoms with Gasteiger partial charge in [-0.05, 0) is 31.2 Å². The van der Waals surface area contributed by atoms with Gasteiger partial charge in [-0.25, -0.2) is 0 Å². The largest absolute Gasteiger partial charge is 0.858 e. The van der Waals surface area contributed by atoms with Gasteiger partial charge in [0, 0.05) is 22.4 Å². The average molecular weight is 295 g/mol. The lowest BCUT2D eigenvalue weighted by Gasteiger charge is -2.09. The lowest BCUT2D eigenvalue weighted by Crippen LogP contribution is -2.16. The van der Waals surface area contributed by atoms with Crippen LogP contribution in [0, 0.1) is 0 Å². The van der Waals surface area contributed by atoms with Crippen molar-refractivity contribution in [2.45, 2.75) is 6.92 Å². The Morgan fingerprint density at radius 3 is 2.67 bits per heavy atom. The highest BCUT2D eigenvalue weighted by Crippen LogP contribution is 2.25. The number of hydrogen-bond acceptors (Lipinski definition) is 5. The fourth-order valence-electron chi connectivity index (χ4n) is 1.98. The van der Waals surface area contributed by atoms with Crippen molar-refractivity contribution < 1.29 is 9.90 Å². The Morgan fingerprint density at radius 1 is 1.14 bits per heavy atom. The van der Waals surface area contributed by atoms with Crippen LogP contribution in [0.25, 0.3) is 10.9 Å². The number of fused-ring (bicyclic) bond motifs is 1. The maximum atomic E-state index is 12.2. The molecule has 2 heterocycles. The molecule has 104 valence electrons. The maximum absolute atomic E-state index is 12.2. The van der Waals surface area contributed by atoms with Crippen molar-refractivity contribution in [2.24, 2.45) is 4.99 Å². The number of carbonyl (C=O) groups excluding carboxylic acids is 1. The third-order valence-corrected chi connectivity index (χ3v) is 4.17. The fraction of sp³-hybridized carbons (Fsp3) is 0.0625. The van der Waals surface area contributed by atoms with Crippen LogP contribution in [0.4, 0.5) is 5.69 Å². The van der Waals surface area contributed by atoms with E-state index in [-0.39, 0.29) is 11.7 Å². The minimum atomic E-state index is -0.356. The lowest BCUT2D eigenvalue weighted by molar-refractivity contribution is -0.212. The van der Waals surface area contributed by atoms with Crippen molar-refractivity contribution in [1.82, 2.24) is 4.98 Å². The van der Waals surface area contributed by atoms with Crippen LogP contribution >= 0.6 is 11.3 Å². The summed E-state index contributed by atoms with van der Waals surface area (Å²) in [6.07, 6.45) is 1.67. The van der Waals surface area contributed by atoms with Gasteiger partial charge in [-0.2, -0.15) is 0 Å². The molecule has 3 rings (SSSR count). The number of aromatic nitrogens is 1. The average Bonchev–Trinajstić information content (AvgIpc) is 2.98. The van der Waals surface area contributed by atoms with Gasteiger partial charge in [-0.3, -0.25) is 14.8 Å². The number of pyridine rings is 1. The van der Waals surface area contributed by atoms with Crippen LogP contribution in [0.1, 0.15) is 21.5 Å². The van der Waals surface area contributed by atoms with Gasteiger partial charge in [-0.1, -0.05) is 18.2 Å². The smallest absolute Gasteiger partial charge is 0.169 e. The third-order valence-electron chi connectivity index (χ3n) is 3.00. The van der Waals surface area contributed by atoms with Gasteiger partial charge in [0.05, 0.1) is 16.1 Å². The molecule has 0 radical (unpaired) electrons. The molecular weight excluding hydrogens is 284 g/mol. The summed E-state index contributed by atoms with van der Waals surface area (Å²) in [7, 11) is 0. The SMILES string of the molecule is CC(=O)c1ccc(C([O-])=Nc2cccc3cccnc23)s1. The zero-order valence-corrected chi connectivity index (χ0v) is 12.1. The zero-order valence-electron chi connectivity index (χ0n) is 11.2. The van der Waals surface area contributed by atoms with Crippen molar-refractivity contribution >= 4 is 39.6 Å². The maximum Gasteiger partial charge on any atom is 0.169 e. The van der Waals surface area contributed by atoms with Crippen molar-refractivity contribution in [1.29, 1.82) is 0 Å². The number of para-hydroxylation sites is 1. The van der Waals surface area contributed by atoms with Gasteiger partial charge in [0.2, 0.25) is 0 Å². The molecule has 0 saturated heterocycles. The molecule has 0 bridgehead atoms. The van der Waals surface area contributed by atoms with E-state index in [0.29, 0.717) is 21.0 Å². The van der Waals surface area contributed by atoms with E-state index in [9.17, 15) is 9.90 Å². The molecule has 0 aliphatic rings. The summed E-state index contributed by atoms with van der Waals surface area (Å²) >= 11 is 1.16. The van der Waals surface area contributed by atoms with Crippen molar-refractivity contribution in [3.8, 4) is 0 Å². The fourth-order valence-corrected chi connectivity index (χ4v) is 2.77. The number of rotatable bonds is 3. The second kappa shape index (κ2) is 5.46. The number of nitrogens with zero attached hydrogens (tertiary/aromatic N) is 2. The Labute approximate surface area is 125 Å². The Kier molecular flexibility index (Phi) is 3.50. The number of hydrogen-bond donors (Lipinski definition) is 0. The molecule has 4 nitrogen and oxygen atoms in total. The molecule has 0 fully saturated rings. The predicted molar refractivity (Wildman–Crippen MR) is 82.3 cm³/mol. The molecule has 0 atom stereocenters. The molecule has 1 aromatic carbocycles. The van der Waals surface area contributed by atoms with Crippen molar-refractivity contribution in [2.75, 3.05) is 0 Å². The van der Waals surface area contributed by atoms with Gasteiger partial charge >= 0.3 is 0 Å². The van der Waals surface area contributed by atoms with Gasteiger partial charge in [0.25, 0.3) is 0 Å². The monoisotopic (exact) mass is 295 g/mol. The first kappa shape index (κ1) is 13.5. The Hall–Kier alpha value is -2.53. The summed E-state index contributed by atoms with van der Waals surface area (Å²) in [6, 6.07) is 12.6. The quantitative estimate of drug-likeness (QED) is 0.424. The van der Waals surface area contributed by atoms with Crippen LogP contribution in [-0.2, 0) is 0 Å². The van der Waals surface area contributed by atoms with Crippen LogP contribution in [0.15, 0.2) is 53.7 Å². The van der Waals surface area contributed by atoms with Gasteiger partial charge in [0.1, 0.15) is 0 Å². The molecule has 21 heavy (non-hydrogen) atoms. The summed E-state index contributed by atoms with van der Waals surface area (Å²) in [6.45, 7) is 1.48. The lowest BCUT2D eigenvalue weighted by atomic mass is 10.2. The van der Waals surface area contributed by atoms with Crippen LogP contribution < -0.4 is 5.11 Å². The van der Waals surface area contributed by atoms with E-state index >= 15 is 0 Å². The molecule has 2 aromatic heterocycles. The van der Waals surface area contributed by atoms with E-state index in [1.807, 2.05) is 24.3 Å². The highest BCUT2D eigenvalue weighted by Gasteiger charge is 2.05. The molecule has 0 saturated carbocycles. The van der Waals surface area contributed by atoms with E-state index < -0.39 is 0 Å². The van der Waals surface area contributed by atoms with E-state index in [0.717, 1.165) is 16.7 Å². The molecule has 0 spiro atoms. The molecular formula is C16H11N2O2S-. The Balaban J connectivity index is 2.04. The van der Waals surface area contributed by atoms with E-state index in [4.69, 9.17) is 0 Å². The first-order chi connectivity index (χ1) is 10.1. The summed E-state index contributed by atoms with van der Waals surface area (Å²) < 4.78 is 0. The van der Waals surface area contributed by atoms with Crippen LogP contribution in [0.2, 0.25) is 0 Å². The summed E-state index contributed by atoms with van der Waals surface area (Å²) in [5, 5.41) is 13.1. The number of ketones is 1. The number of aliphatic imine (C=N–C) groups is 1. The third kappa shape index (κ3) is 2.68. The van der Waals surface area contributed by atoms with Crippen LogP contribution in [0.5, 0.6) is 0 Å². The summed E-state index contributed by atoms with van der Waals surface area (Å²) in [5.41, 5.74) is 1.23. The molecule has 0 N–H and O–H groups in total. The Morgan fingerprint density at radius 2 is 1.90 bits per heavy atom. The predicted octanol–water partition coefficient (Wildman–Crippen LogP) is 2.94. The molecule has 5 heteroatoms. The summed E-state index contributed by atoms with van der Waals surface area (Å²) in [5.74, 6) is -0.406. The Bertz CT molecular complexity index is 847. The molecule has 0 amide bonds. The second-order valence-electron chi connectivity index (χ2n) is 4.49. The van der Waals surface area contributed by atoms with Crippen molar-refractivity contribution in [3.05, 3.63) is 58.4 Å². The summed E-state index contributed by atoms with van der Waals surface area (Å²) in [4.78, 5) is 20.7. The highest BCUT2D eigenvalue weighted by atomic mass is 32.1. The standard InChI is InChI=1S/C16H12N2O2S/c1-10(19)13-7-8-14(21-13)16(20)18-12-6-2-4-11-5-3-9-17-15(11)12/h2-9H,1H3,(H,18,20)/p-1. The number of Topliss-reactive ketones (excluding diaryl/α,β-unsaturated/α-hetero) is 1. The minimum absolute atomic E-state index is 0.0501. The van der Waals surface area contributed by atoms with Gasteiger partial charge in [-0.15, -0.1) is 11.3 Å². The van der Waals surface area contributed by atoms with E-state index in [2.05, 4.69) is 9.98 Å². The molecule has 3 aromatic rings. The van der Waals surface area contributed by atoms with E-state index in [1.165, 1.54) is 6.92 Å². The second-order valence-corrected chi connectivity index (χ2v) is 5.57. The minimum Gasteiger partial charge on any atom is -0.858 e. The molecule has 0 unspecified atom stereocenters. The van der Waals surface area contributed by atoms with E-state index in [1.54, 1.807) is 24.4 Å². The van der Waals surface area contributed by atoms with Crippen LogP contribution in [-0.4, -0.2) is 16.7 Å². The van der Waals surface area contributed by atoms with Crippen LogP contribution in [0.3, 0.4) is 0 Å². The first-order valence-corrected chi connectivity index (χ1v) is 7.17. The number of thiophene rings is 1. The topological polar surface area (TPSA) is 65.4 Å². The van der Waals surface area contributed by atoms with Gasteiger partial charge in [0.15, 0.2) is 5.78 Å². The highest BCUT2D eigenvalue weighted by molar-refractivity contribution is 7.15. The number of benzene rings is 1. The number of carbonyl (C=O) groups is 1.